The zero-order valence-electron chi connectivity index (χ0n) is 5.10. The van der Waals surface area contributed by atoms with Crippen LogP contribution in [0.2, 0.25) is 0 Å². The van der Waals surface area contributed by atoms with Gasteiger partial charge in [-0.2, -0.15) is 0 Å². The van der Waals surface area contributed by atoms with E-state index < -0.39 is 5.24 Å². The Morgan fingerprint density at radius 3 is 2.78 bits per heavy atom. The Kier molecular flexibility index (Phi) is 2.49. The van der Waals surface area contributed by atoms with Crippen molar-refractivity contribution < 1.29 is 9.53 Å². The fourth-order valence-electron chi connectivity index (χ4n) is 0.590. The predicted molar refractivity (Wildman–Crippen MR) is 34.4 cm³/mol. The van der Waals surface area contributed by atoms with Crippen LogP contribution in [-0.4, -0.2) is 18.5 Å². The second kappa shape index (κ2) is 3.18. The van der Waals surface area contributed by atoms with Gasteiger partial charge < -0.3 is 4.74 Å². The molecule has 0 N–H and O–H groups in total. The van der Waals surface area contributed by atoms with Crippen molar-refractivity contribution in [2.24, 2.45) is 5.92 Å². The normalized spacial score (nSPS) is 17.9. The van der Waals surface area contributed by atoms with Gasteiger partial charge in [-0.05, 0) is 30.4 Å². The Morgan fingerprint density at radius 1 is 1.67 bits per heavy atom. The van der Waals surface area contributed by atoms with Crippen molar-refractivity contribution in [2.75, 3.05) is 13.2 Å². The van der Waals surface area contributed by atoms with Crippen LogP contribution in [0, 0.1) is 5.92 Å². The van der Waals surface area contributed by atoms with Crippen molar-refractivity contribution in [3.63, 3.8) is 0 Å². The molecule has 0 amide bonds. The maximum atomic E-state index is 10.1. The molecule has 0 heterocycles. The third kappa shape index (κ3) is 3.49. The van der Waals surface area contributed by atoms with Crippen molar-refractivity contribution in [3.8, 4) is 0 Å². The van der Waals surface area contributed by atoms with Gasteiger partial charge in [-0.1, -0.05) is 0 Å². The lowest BCUT2D eigenvalue weighted by Gasteiger charge is -1.95. The maximum Gasteiger partial charge on any atom is 0.247 e. The van der Waals surface area contributed by atoms with Crippen molar-refractivity contribution >= 4 is 16.8 Å². The first kappa shape index (κ1) is 7.03. The average molecular weight is 149 g/mol. The summed E-state index contributed by atoms with van der Waals surface area (Å²) in [6.07, 6.45) is 2.49. The summed E-state index contributed by atoms with van der Waals surface area (Å²) in [5.74, 6) is 0.709. The molecule has 1 rings (SSSR count). The first-order valence-corrected chi connectivity index (χ1v) is 3.43. The van der Waals surface area contributed by atoms with E-state index in [0.29, 0.717) is 12.5 Å². The summed E-state index contributed by atoms with van der Waals surface area (Å²) in [5.41, 5.74) is 0. The highest BCUT2D eigenvalue weighted by molar-refractivity contribution is 6.63. The smallest absolute Gasteiger partial charge is 0.247 e. The van der Waals surface area contributed by atoms with Gasteiger partial charge in [-0.3, -0.25) is 4.79 Å². The van der Waals surface area contributed by atoms with Crippen LogP contribution in [0.25, 0.3) is 0 Å². The van der Waals surface area contributed by atoms with Gasteiger partial charge in [0.2, 0.25) is 5.24 Å². The third-order valence-corrected chi connectivity index (χ3v) is 1.38. The molecule has 0 aromatic carbocycles. The standard InChI is InChI=1S/C6H9ClO2/c7-6(8)4-9-3-5-1-2-5/h5H,1-4H2. The molecule has 0 unspecified atom stereocenters. The van der Waals surface area contributed by atoms with Crippen molar-refractivity contribution in [1.29, 1.82) is 0 Å². The predicted octanol–water partition coefficient (Wildman–Crippen LogP) is 1.18. The van der Waals surface area contributed by atoms with Gasteiger partial charge in [0.1, 0.15) is 6.61 Å². The monoisotopic (exact) mass is 148 g/mol. The SMILES string of the molecule is O=C(Cl)COCC1CC1. The number of carbonyl (C=O) groups is 1. The van der Waals surface area contributed by atoms with Gasteiger partial charge in [0, 0.05) is 0 Å². The quantitative estimate of drug-likeness (QED) is 0.560. The van der Waals surface area contributed by atoms with E-state index in [-0.39, 0.29) is 6.61 Å². The minimum atomic E-state index is -0.407. The first-order valence-electron chi connectivity index (χ1n) is 3.05. The van der Waals surface area contributed by atoms with E-state index in [1.807, 2.05) is 0 Å². The Hall–Kier alpha value is -0.0800. The van der Waals surface area contributed by atoms with E-state index in [9.17, 15) is 4.79 Å². The van der Waals surface area contributed by atoms with Crippen molar-refractivity contribution in [3.05, 3.63) is 0 Å². The van der Waals surface area contributed by atoms with Gasteiger partial charge in [-0.25, -0.2) is 0 Å². The van der Waals surface area contributed by atoms with Gasteiger partial charge >= 0.3 is 0 Å². The van der Waals surface area contributed by atoms with E-state index in [4.69, 9.17) is 16.3 Å². The molecule has 0 aliphatic heterocycles. The molecule has 1 aliphatic rings. The van der Waals surface area contributed by atoms with Crippen LogP contribution < -0.4 is 0 Å². The summed E-state index contributed by atoms with van der Waals surface area (Å²) < 4.78 is 4.94. The third-order valence-electron chi connectivity index (χ3n) is 1.27. The molecular weight excluding hydrogens is 140 g/mol. The van der Waals surface area contributed by atoms with Crippen LogP contribution in [0.3, 0.4) is 0 Å². The number of ether oxygens (including phenoxy) is 1. The van der Waals surface area contributed by atoms with Crippen LogP contribution in [0.1, 0.15) is 12.8 Å². The highest BCUT2D eigenvalue weighted by Crippen LogP contribution is 2.28. The van der Waals surface area contributed by atoms with E-state index in [0.717, 1.165) is 0 Å². The Bertz CT molecular complexity index is 110. The summed E-state index contributed by atoms with van der Waals surface area (Å²) in [7, 11) is 0. The first-order chi connectivity index (χ1) is 4.29. The van der Waals surface area contributed by atoms with E-state index in [1.165, 1.54) is 12.8 Å². The Morgan fingerprint density at radius 2 is 2.33 bits per heavy atom. The fraction of sp³-hybridized carbons (Fsp3) is 0.833. The minimum Gasteiger partial charge on any atom is -0.372 e. The molecule has 1 fully saturated rings. The topological polar surface area (TPSA) is 26.3 Å². The lowest BCUT2D eigenvalue weighted by molar-refractivity contribution is -0.116. The summed E-state index contributed by atoms with van der Waals surface area (Å²) >= 11 is 5.02. The van der Waals surface area contributed by atoms with Crippen molar-refractivity contribution in [2.45, 2.75) is 12.8 Å². The number of hydrogen-bond donors (Lipinski definition) is 0. The lowest BCUT2D eigenvalue weighted by Crippen LogP contribution is -2.03. The Labute approximate surface area is 59.1 Å². The fourth-order valence-corrected chi connectivity index (χ4v) is 0.668. The number of rotatable bonds is 4. The molecule has 0 atom stereocenters. The van der Waals surface area contributed by atoms with Crippen LogP contribution in [0.4, 0.5) is 0 Å². The molecule has 2 nitrogen and oxygen atoms in total. The largest absolute Gasteiger partial charge is 0.372 e. The number of halogens is 1. The average Bonchev–Trinajstić information content (AvgIpc) is 2.48. The minimum absolute atomic E-state index is 0.0675. The summed E-state index contributed by atoms with van der Waals surface area (Å²) in [4.78, 5) is 10.1. The zero-order valence-corrected chi connectivity index (χ0v) is 5.86. The highest BCUT2D eigenvalue weighted by Gasteiger charge is 2.21. The maximum absolute atomic E-state index is 10.1. The molecule has 0 aromatic heterocycles. The Balaban J connectivity index is 1.86. The summed E-state index contributed by atoms with van der Waals surface area (Å²) in [6.45, 7) is 0.774. The highest BCUT2D eigenvalue weighted by atomic mass is 35.5. The summed E-state index contributed by atoms with van der Waals surface area (Å²) in [6, 6.07) is 0. The molecule has 52 valence electrons. The molecule has 1 saturated carbocycles. The number of carbonyl (C=O) groups excluding carboxylic acids is 1. The van der Waals surface area contributed by atoms with Crippen LogP contribution in [0.15, 0.2) is 0 Å². The second-order valence-electron chi connectivity index (χ2n) is 2.31. The molecule has 0 aromatic rings. The van der Waals surface area contributed by atoms with E-state index in [2.05, 4.69) is 0 Å². The van der Waals surface area contributed by atoms with Crippen molar-refractivity contribution in [1.82, 2.24) is 0 Å². The van der Waals surface area contributed by atoms with Gasteiger partial charge in [-0.15, -0.1) is 0 Å². The van der Waals surface area contributed by atoms with Crippen LogP contribution in [0.5, 0.6) is 0 Å². The molecule has 0 spiro atoms. The molecule has 0 radical (unpaired) electrons. The van der Waals surface area contributed by atoms with Gasteiger partial charge in [0.15, 0.2) is 0 Å². The molecule has 9 heavy (non-hydrogen) atoms. The lowest BCUT2D eigenvalue weighted by atomic mass is 10.5. The van der Waals surface area contributed by atoms with Gasteiger partial charge in [0.25, 0.3) is 0 Å². The molecule has 3 heteroatoms. The van der Waals surface area contributed by atoms with Gasteiger partial charge in [0.05, 0.1) is 6.61 Å². The van der Waals surface area contributed by atoms with E-state index >= 15 is 0 Å². The van der Waals surface area contributed by atoms with Crippen LogP contribution in [-0.2, 0) is 9.53 Å². The molecular formula is C6H9ClO2. The second-order valence-corrected chi connectivity index (χ2v) is 2.74. The molecule has 0 bridgehead atoms. The van der Waals surface area contributed by atoms with Crippen LogP contribution >= 0.6 is 11.6 Å². The molecule has 0 saturated heterocycles. The molecule has 1 aliphatic carbocycles. The summed E-state index contributed by atoms with van der Waals surface area (Å²) in [5, 5.41) is -0.407. The zero-order chi connectivity index (χ0) is 6.69. The number of hydrogen-bond acceptors (Lipinski definition) is 2. The van der Waals surface area contributed by atoms with E-state index in [1.54, 1.807) is 0 Å².